The van der Waals surface area contributed by atoms with Crippen molar-refractivity contribution in [3.05, 3.63) is 0 Å². The van der Waals surface area contributed by atoms with Crippen LogP contribution in [0.15, 0.2) is 0 Å². The van der Waals surface area contributed by atoms with Gasteiger partial charge in [0.2, 0.25) is 0 Å². The van der Waals surface area contributed by atoms with Crippen molar-refractivity contribution < 1.29 is 13.5 Å². The Labute approximate surface area is 91.7 Å². The summed E-state index contributed by atoms with van der Waals surface area (Å²) in [4.78, 5) is 0. The van der Waals surface area contributed by atoms with Gasteiger partial charge in [0.05, 0.1) is 5.60 Å². The smallest absolute Gasteiger partial charge is 0.279 e. The Balaban J connectivity index is 2.59. The fourth-order valence-corrected chi connectivity index (χ4v) is 3.00. The van der Waals surface area contributed by atoms with Crippen LogP contribution in [-0.4, -0.2) is 42.6 Å². The molecule has 0 aromatic carbocycles. The molecule has 0 aromatic heterocycles. The van der Waals surface area contributed by atoms with E-state index in [1.165, 1.54) is 4.31 Å². The first-order valence-electron chi connectivity index (χ1n) is 5.17. The van der Waals surface area contributed by atoms with Gasteiger partial charge in [0.1, 0.15) is 0 Å². The fourth-order valence-electron chi connectivity index (χ4n) is 1.47. The number of nitrogens with one attached hydrogen (secondary N) is 1. The second-order valence-corrected chi connectivity index (χ2v) is 6.51. The molecule has 1 aliphatic rings. The van der Waals surface area contributed by atoms with Crippen LogP contribution in [0.2, 0.25) is 0 Å². The van der Waals surface area contributed by atoms with Gasteiger partial charge in [-0.3, -0.25) is 0 Å². The minimum absolute atomic E-state index is 0.0722. The van der Waals surface area contributed by atoms with Gasteiger partial charge in [0.15, 0.2) is 0 Å². The summed E-state index contributed by atoms with van der Waals surface area (Å²) in [6.45, 7) is 7.69. The quantitative estimate of drug-likeness (QED) is 0.718. The Bertz CT molecular complexity index is 318. The van der Waals surface area contributed by atoms with Crippen molar-refractivity contribution >= 4 is 10.2 Å². The van der Waals surface area contributed by atoms with Gasteiger partial charge >= 0.3 is 0 Å². The Morgan fingerprint density at radius 2 is 1.73 bits per heavy atom. The highest BCUT2D eigenvalue weighted by molar-refractivity contribution is 7.87. The van der Waals surface area contributed by atoms with E-state index in [-0.39, 0.29) is 25.0 Å². The van der Waals surface area contributed by atoms with Crippen molar-refractivity contribution in [1.82, 2.24) is 9.03 Å². The number of rotatable bonds is 4. The Morgan fingerprint density at radius 3 is 2.07 bits per heavy atom. The average molecular weight is 236 g/mol. The lowest BCUT2D eigenvalue weighted by Crippen LogP contribution is -2.67. The summed E-state index contributed by atoms with van der Waals surface area (Å²) in [6, 6.07) is -0.122. The second-order valence-electron chi connectivity index (χ2n) is 4.80. The van der Waals surface area contributed by atoms with E-state index < -0.39 is 15.8 Å². The molecule has 0 unspecified atom stereocenters. The summed E-state index contributed by atoms with van der Waals surface area (Å²) in [5, 5.41) is 9.92. The SMILES string of the molecule is CC(C)NS(=O)(=O)N1CC(O)(C(C)C)C1. The summed E-state index contributed by atoms with van der Waals surface area (Å²) < 4.78 is 27.0. The molecular weight excluding hydrogens is 216 g/mol. The largest absolute Gasteiger partial charge is 0.387 e. The van der Waals surface area contributed by atoms with Gasteiger partial charge in [-0.1, -0.05) is 13.8 Å². The summed E-state index contributed by atoms with van der Waals surface area (Å²) in [6.07, 6.45) is 0. The van der Waals surface area contributed by atoms with Crippen LogP contribution in [0.5, 0.6) is 0 Å². The Kier molecular flexibility index (Phi) is 3.45. The molecule has 0 atom stereocenters. The van der Waals surface area contributed by atoms with E-state index in [1.807, 2.05) is 13.8 Å². The van der Waals surface area contributed by atoms with Gasteiger partial charge in [0.25, 0.3) is 10.2 Å². The predicted octanol–water partition coefficient (Wildman–Crippen LogP) is -0.0681. The van der Waals surface area contributed by atoms with Crippen LogP contribution >= 0.6 is 0 Å². The molecule has 0 spiro atoms. The molecule has 1 heterocycles. The van der Waals surface area contributed by atoms with Crippen LogP contribution in [0.3, 0.4) is 0 Å². The Hall–Kier alpha value is -0.170. The minimum atomic E-state index is -3.40. The van der Waals surface area contributed by atoms with Crippen molar-refractivity contribution in [3.8, 4) is 0 Å². The first-order chi connectivity index (χ1) is 6.67. The van der Waals surface area contributed by atoms with Crippen molar-refractivity contribution in [3.63, 3.8) is 0 Å². The molecule has 0 bridgehead atoms. The number of hydrogen-bond acceptors (Lipinski definition) is 3. The first-order valence-corrected chi connectivity index (χ1v) is 6.61. The summed E-state index contributed by atoms with van der Waals surface area (Å²) in [7, 11) is -3.40. The van der Waals surface area contributed by atoms with Crippen molar-refractivity contribution in [2.75, 3.05) is 13.1 Å². The second kappa shape index (κ2) is 4.01. The van der Waals surface area contributed by atoms with Gasteiger partial charge < -0.3 is 5.11 Å². The van der Waals surface area contributed by atoms with Crippen molar-refractivity contribution in [2.45, 2.75) is 39.3 Å². The zero-order valence-corrected chi connectivity index (χ0v) is 10.5. The molecule has 1 aliphatic heterocycles. The van der Waals surface area contributed by atoms with Gasteiger partial charge in [-0.15, -0.1) is 0 Å². The van der Waals surface area contributed by atoms with Crippen molar-refractivity contribution in [2.24, 2.45) is 5.92 Å². The molecule has 0 amide bonds. The maximum Gasteiger partial charge on any atom is 0.279 e. The topological polar surface area (TPSA) is 69.6 Å². The van der Waals surface area contributed by atoms with Gasteiger partial charge in [-0.2, -0.15) is 17.4 Å². The summed E-state index contributed by atoms with van der Waals surface area (Å²) in [5.41, 5.74) is -0.855. The molecule has 2 N–H and O–H groups in total. The Morgan fingerprint density at radius 1 is 1.27 bits per heavy atom. The molecule has 0 saturated carbocycles. The van der Waals surface area contributed by atoms with E-state index in [0.29, 0.717) is 0 Å². The minimum Gasteiger partial charge on any atom is -0.387 e. The zero-order valence-electron chi connectivity index (χ0n) is 9.69. The van der Waals surface area contributed by atoms with E-state index in [9.17, 15) is 13.5 Å². The van der Waals surface area contributed by atoms with E-state index in [1.54, 1.807) is 13.8 Å². The summed E-state index contributed by atoms with van der Waals surface area (Å²) >= 11 is 0. The third-order valence-electron chi connectivity index (χ3n) is 2.70. The van der Waals surface area contributed by atoms with Crippen LogP contribution in [-0.2, 0) is 10.2 Å². The number of aliphatic hydroxyl groups is 1. The monoisotopic (exact) mass is 236 g/mol. The lowest BCUT2D eigenvalue weighted by Gasteiger charge is -2.47. The zero-order chi connectivity index (χ0) is 11.9. The van der Waals surface area contributed by atoms with E-state index in [0.717, 1.165) is 0 Å². The summed E-state index contributed by atoms with van der Waals surface area (Å²) in [5.74, 6) is 0.0722. The molecule has 6 heteroatoms. The highest BCUT2D eigenvalue weighted by Crippen LogP contribution is 2.30. The number of β-amino-alcohol motifs (C(OH)–C–C–N with tert-alkyl or cyclic N) is 1. The molecule has 0 radical (unpaired) electrons. The molecule has 1 fully saturated rings. The van der Waals surface area contributed by atoms with Crippen molar-refractivity contribution in [1.29, 1.82) is 0 Å². The van der Waals surface area contributed by atoms with Crippen LogP contribution in [0, 0.1) is 5.92 Å². The lowest BCUT2D eigenvalue weighted by atomic mass is 9.85. The van der Waals surface area contributed by atoms with E-state index in [2.05, 4.69) is 4.72 Å². The number of hydrogen-bond donors (Lipinski definition) is 2. The highest BCUT2D eigenvalue weighted by atomic mass is 32.2. The first kappa shape index (κ1) is 12.9. The average Bonchev–Trinajstić information content (AvgIpc) is 1.95. The molecule has 15 heavy (non-hydrogen) atoms. The number of nitrogens with zero attached hydrogens (tertiary/aromatic N) is 1. The van der Waals surface area contributed by atoms with E-state index >= 15 is 0 Å². The van der Waals surface area contributed by atoms with Crippen LogP contribution < -0.4 is 4.72 Å². The molecular formula is C9H20N2O3S. The van der Waals surface area contributed by atoms with Gasteiger partial charge in [-0.25, -0.2) is 0 Å². The van der Waals surface area contributed by atoms with Crippen LogP contribution in [0.25, 0.3) is 0 Å². The van der Waals surface area contributed by atoms with Crippen LogP contribution in [0.4, 0.5) is 0 Å². The molecule has 5 nitrogen and oxygen atoms in total. The predicted molar refractivity (Wildman–Crippen MR) is 58.6 cm³/mol. The lowest BCUT2D eigenvalue weighted by molar-refractivity contribution is -0.0937. The molecule has 0 aliphatic carbocycles. The van der Waals surface area contributed by atoms with Gasteiger partial charge in [-0.05, 0) is 19.8 Å². The highest BCUT2D eigenvalue weighted by Gasteiger charge is 2.48. The normalized spacial score (nSPS) is 22.1. The standard InChI is InChI=1S/C9H20N2O3S/c1-7(2)9(12)5-11(6-9)15(13,14)10-8(3)4/h7-8,10,12H,5-6H2,1-4H3. The fraction of sp³-hybridized carbons (Fsp3) is 1.00. The van der Waals surface area contributed by atoms with Gasteiger partial charge in [0, 0.05) is 19.1 Å². The maximum absolute atomic E-state index is 11.6. The molecule has 1 rings (SSSR count). The molecule has 1 saturated heterocycles. The van der Waals surface area contributed by atoms with Crippen LogP contribution in [0.1, 0.15) is 27.7 Å². The van der Waals surface area contributed by atoms with E-state index in [4.69, 9.17) is 0 Å². The third-order valence-corrected chi connectivity index (χ3v) is 4.41. The molecule has 0 aromatic rings. The third kappa shape index (κ3) is 2.69. The maximum atomic E-state index is 11.6. The molecule has 90 valence electrons.